The van der Waals surface area contributed by atoms with Crippen molar-refractivity contribution in [3.05, 3.63) is 23.5 Å². The molecule has 0 radical (unpaired) electrons. The lowest BCUT2D eigenvalue weighted by Gasteiger charge is -2.13. The van der Waals surface area contributed by atoms with Gasteiger partial charge in [-0.2, -0.15) is 0 Å². The molecule has 2 heterocycles. The Morgan fingerprint density at radius 3 is 3.18 bits per heavy atom. The summed E-state index contributed by atoms with van der Waals surface area (Å²) in [6.07, 6.45) is 4.42. The van der Waals surface area contributed by atoms with Crippen LogP contribution in [0, 0.1) is 0 Å². The number of fused-ring (bicyclic) bond motifs is 1. The number of aromatic nitrogens is 2. The summed E-state index contributed by atoms with van der Waals surface area (Å²) in [5.41, 5.74) is 1.02. The molecule has 0 N–H and O–H groups in total. The van der Waals surface area contributed by atoms with Crippen LogP contribution in [0.2, 0.25) is 0 Å². The number of rotatable bonds is 5. The highest BCUT2D eigenvalue weighted by Crippen LogP contribution is 2.12. The highest BCUT2D eigenvalue weighted by Gasteiger charge is 2.08. The van der Waals surface area contributed by atoms with E-state index < -0.39 is 0 Å². The van der Waals surface area contributed by atoms with E-state index in [1.165, 1.54) is 7.11 Å². The minimum absolute atomic E-state index is 0.178. The molecule has 0 saturated carbocycles. The first kappa shape index (κ1) is 12.1. The molecule has 5 nitrogen and oxygen atoms in total. The van der Waals surface area contributed by atoms with Crippen molar-refractivity contribution in [1.29, 1.82) is 0 Å². The molecule has 0 atom stereocenters. The first-order valence-electron chi connectivity index (χ1n) is 5.35. The third kappa shape index (κ3) is 3.04. The number of esters is 1. The maximum absolute atomic E-state index is 11.0. The van der Waals surface area contributed by atoms with E-state index in [0.29, 0.717) is 13.0 Å². The summed E-state index contributed by atoms with van der Waals surface area (Å²) in [5.74, 6) is -0.178. The van der Waals surface area contributed by atoms with E-state index in [4.69, 9.17) is 0 Å². The van der Waals surface area contributed by atoms with Crippen LogP contribution in [0.3, 0.4) is 0 Å². The molecule has 0 bridgehead atoms. The van der Waals surface area contributed by atoms with Crippen LogP contribution in [0.1, 0.15) is 12.1 Å². The smallest absolute Gasteiger partial charge is 0.306 e. The molecular formula is C11H15N3O2S. The standard InChI is InChI=1S/C11H15N3O2S/c1-13(4-3-10(15)16-2)7-9-8-14-5-6-17-11(14)12-9/h5-6,8H,3-4,7H2,1-2H3. The van der Waals surface area contributed by atoms with E-state index in [-0.39, 0.29) is 5.97 Å². The average Bonchev–Trinajstić information content (AvgIpc) is 2.86. The Kier molecular flexibility index (Phi) is 3.75. The normalized spacial score (nSPS) is 11.2. The lowest BCUT2D eigenvalue weighted by atomic mass is 10.3. The molecule has 17 heavy (non-hydrogen) atoms. The Morgan fingerprint density at radius 1 is 1.65 bits per heavy atom. The van der Waals surface area contributed by atoms with E-state index in [1.54, 1.807) is 11.3 Å². The number of hydrogen-bond donors (Lipinski definition) is 0. The van der Waals surface area contributed by atoms with Crippen LogP contribution in [0.5, 0.6) is 0 Å². The quantitative estimate of drug-likeness (QED) is 0.755. The molecule has 0 aliphatic heterocycles. The SMILES string of the molecule is COC(=O)CCN(C)Cc1cn2ccsc2n1. The third-order valence-corrected chi connectivity index (χ3v) is 3.27. The molecule has 2 rings (SSSR count). The second-order valence-electron chi connectivity index (χ2n) is 3.89. The van der Waals surface area contributed by atoms with Gasteiger partial charge in [0.2, 0.25) is 0 Å². The molecule has 92 valence electrons. The van der Waals surface area contributed by atoms with Crippen LogP contribution in [0.25, 0.3) is 4.96 Å². The minimum Gasteiger partial charge on any atom is -0.469 e. The minimum atomic E-state index is -0.178. The molecule has 0 aliphatic carbocycles. The lowest BCUT2D eigenvalue weighted by molar-refractivity contribution is -0.140. The van der Waals surface area contributed by atoms with E-state index in [1.807, 2.05) is 29.2 Å². The van der Waals surface area contributed by atoms with Gasteiger partial charge in [-0.1, -0.05) is 0 Å². The van der Waals surface area contributed by atoms with Gasteiger partial charge in [0.05, 0.1) is 19.2 Å². The van der Waals surface area contributed by atoms with Gasteiger partial charge in [-0.15, -0.1) is 11.3 Å². The number of methoxy groups -OCH3 is 1. The molecule has 0 saturated heterocycles. The van der Waals surface area contributed by atoms with Gasteiger partial charge in [0, 0.05) is 30.9 Å². The van der Waals surface area contributed by atoms with Crippen molar-refractivity contribution in [2.45, 2.75) is 13.0 Å². The Morgan fingerprint density at radius 2 is 2.47 bits per heavy atom. The van der Waals surface area contributed by atoms with Gasteiger partial charge in [0.1, 0.15) is 0 Å². The van der Waals surface area contributed by atoms with Crippen LogP contribution in [-0.2, 0) is 16.1 Å². The second-order valence-corrected chi connectivity index (χ2v) is 4.76. The number of ether oxygens (including phenoxy) is 1. The van der Waals surface area contributed by atoms with Crippen LogP contribution in [-0.4, -0.2) is 41.0 Å². The van der Waals surface area contributed by atoms with Crippen molar-refractivity contribution in [1.82, 2.24) is 14.3 Å². The van der Waals surface area contributed by atoms with Crippen LogP contribution < -0.4 is 0 Å². The fourth-order valence-electron chi connectivity index (χ4n) is 1.59. The van der Waals surface area contributed by atoms with Gasteiger partial charge in [-0.3, -0.25) is 14.1 Å². The number of hydrogen-bond acceptors (Lipinski definition) is 5. The van der Waals surface area contributed by atoms with Crippen molar-refractivity contribution in [3.63, 3.8) is 0 Å². The fraction of sp³-hybridized carbons (Fsp3) is 0.455. The van der Waals surface area contributed by atoms with Gasteiger partial charge in [-0.05, 0) is 7.05 Å². The Labute approximate surface area is 104 Å². The van der Waals surface area contributed by atoms with Gasteiger partial charge >= 0.3 is 5.97 Å². The zero-order valence-electron chi connectivity index (χ0n) is 9.92. The first-order chi connectivity index (χ1) is 8.19. The Balaban J connectivity index is 1.88. The van der Waals surface area contributed by atoms with Gasteiger partial charge in [-0.25, -0.2) is 4.98 Å². The molecule has 2 aromatic heterocycles. The van der Waals surface area contributed by atoms with Crippen LogP contribution in [0.4, 0.5) is 0 Å². The monoisotopic (exact) mass is 253 g/mol. The van der Waals surface area contributed by atoms with Gasteiger partial charge in [0.15, 0.2) is 4.96 Å². The number of nitrogens with zero attached hydrogens (tertiary/aromatic N) is 3. The summed E-state index contributed by atoms with van der Waals surface area (Å²) in [5, 5.41) is 2.01. The van der Waals surface area contributed by atoms with Gasteiger partial charge < -0.3 is 4.74 Å². The molecule has 2 aromatic rings. The number of carbonyl (C=O) groups is 1. The van der Waals surface area contributed by atoms with E-state index in [0.717, 1.165) is 17.2 Å². The summed E-state index contributed by atoms with van der Waals surface area (Å²) in [6, 6.07) is 0. The van der Waals surface area contributed by atoms with Crippen molar-refractivity contribution >= 4 is 22.3 Å². The van der Waals surface area contributed by atoms with E-state index in [2.05, 4.69) is 14.6 Å². The van der Waals surface area contributed by atoms with Crippen LogP contribution in [0.15, 0.2) is 17.8 Å². The second kappa shape index (κ2) is 5.29. The molecular weight excluding hydrogens is 238 g/mol. The number of carbonyl (C=O) groups excluding carboxylic acids is 1. The molecule has 6 heteroatoms. The summed E-state index contributed by atoms with van der Waals surface area (Å²) in [6.45, 7) is 1.42. The van der Waals surface area contributed by atoms with Crippen molar-refractivity contribution in [2.24, 2.45) is 0 Å². The zero-order valence-corrected chi connectivity index (χ0v) is 10.7. The predicted molar refractivity (Wildman–Crippen MR) is 66.0 cm³/mol. The molecule has 0 unspecified atom stereocenters. The predicted octanol–water partition coefficient (Wildman–Crippen LogP) is 1.39. The lowest BCUT2D eigenvalue weighted by Crippen LogP contribution is -2.22. The van der Waals surface area contributed by atoms with Crippen molar-refractivity contribution in [2.75, 3.05) is 20.7 Å². The molecule has 0 aliphatic rings. The highest BCUT2D eigenvalue weighted by atomic mass is 32.1. The van der Waals surface area contributed by atoms with E-state index in [9.17, 15) is 4.79 Å². The number of thiazole rings is 1. The first-order valence-corrected chi connectivity index (χ1v) is 6.23. The Hall–Kier alpha value is -1.40. The fourth-order valence-corrected chi connectivity index (χ4v) is 2.31. The van der Waals surface area contributed by atoms with Crippen LogP contribution >= 0.6 is 11.3 Å². The summed E-state index contributed by atoms with van der Waals surface area (Å²) in [7, 11) is 3.38. The molecule has 0 amide bonds. The maximum atomic E-state index is 11.0. The summed E-state index contributed by atoms with van der Waals surface area (Å²) < 4.78 is 6.61. The maximum Gasteiger partial charge on any atom is 0.306 e. The van der Waals surface area contributed by atoms with E-state index >= 15 is 0 Å². The average molecular weight is 253 g/mol. The summed E-state index contributed by atoms with van der Waals surface area (Å²) in [4.78, 5) is 18.5. The van der Waals surface area contributed by atoms with Crippen molar-refractivity contribution < 1.29 is 9.53 Å². The number of imidazole rings is 1. The van der Waals surface area contributed by atoms with Gasteiger partial charge in [0.25, 0.3) is 0 Å². The molecule has 0 aromatic carbocycles. The topological polar surface area (TPSA) is 46.8 Å². The zero-order chi connectivity index (χ0) is 12.3. The molecule has 0 spiro atoms. The third-order valence-electron chi connectivity index (χ3n) is 2.50. The Bertz CT molecular complexity index is 477. The van der Waals surface area contributed by atoms with Crippen molar-refractivity contribution in [3.8, 4) is 0 Å². The largest absolute Gasteiger partial charge is 0.469 e. The summed E-state index contributed by atoms with van der Waals surface area (Å²) >= 11 is 1.62. The molecule has 0 fully saturated rings. The highest BCUT2D eigenvalue weighted by molar-refractivity contribution is 7.15.